The van der Waals surface area contributed by atoms with Crippen molar-refractivity contribution in [3.63, 3.8) is 0 Å². The van der Waals surface area contributed by atoms with Crippen LogP contribution in [0.15, 0.2) is 84.3 Å². The van der Waals surface area contributed by atoms with Gasteiger partial charge < -0.3 is 22.9 Å². The van der Waals surface area contributed by atoms with E-state index in [-0.39, 0.29) is 0 Å². The number of hydrogen-bond acceptors (Lipinski definition) is 6. The lowest BCUT2D eigenvalue weighted by molar-refractivity contribution is 0.702. The minimum atomic E-state index is 0.687. The van der Waals surface area contributed by atoms with E-state index in [1.165, 1.54) is 0 Å². The monoisotopic (exact) mass is 1040 g/mol. The van der Waals surface area contributed by atoms with Crippen LogP contribution >= 0.6 is 127 Å². The lowest BCUT2D eigenvalue weighted by Crippen LogP contribution is -1.92. The summed E-state index contributed by atoms with van der Waals surface area (Å²) in [7, 11) is 0. The second kappa shape index (κ2) is 15.2. The standard InChI is InChI=1S/2C12H8Br4N2.OS/c2*13-7-1-5(2-8(14)11(7)17)6-3-9(15)12(18)10(16)4-6;1-2/h2*1-4H,17-18H2;. The van der Waals surface area contributed by atoms with Gasteiger partial charge in [0.05, 0.1) is 22.7 Å². The molecule has 8 N–H and O–H groups in total. The maximum Gasteiger partial charge on any atom is 0.197 e. The normalized spacial score (nSPS) is 10.2. The molecule has 0 unspecified atom stereocenters. The van der Waals surface area contributed by atoms with Crippen LogP contribution in [0.5, 0.6) is 0 Å². The minimum Gasteiger partial charge on any atom is -0.397 e. The first-order chi connectivity index (χ1) is 17.8. The zero-order chi connectivity index (χ0) is 28.9. The van der Waals surface area contributed by atoms with E-state index >= 15 is 0 Å². The summed E-state index contributed by atoms with van der Waals surface area (Å²) in [5.74, 6) is 0. The molecule has 0 heterocycles. The Kier molecular flexibility index (Phi) is 13.7. The second-order valence-corrected chi connectivity index (χ2v) is 14.2. The zero-order valence-electron chi connectivity index (χ0n) is 18.8. The maximum absolute atomic E-state index is 7.83. The molecule has 0 fully saturated rings. The molecular formula is C24H16Br8N4OS. The third-order valence-electron chi connectivity index (χ3n) is 4.98. The number of rotatable bonds is 2. The molecule has 0 aliphatic carbocycles. The van der Waals surface area contributed by atoms with E-state index in [1.54, 1.807) is 0 Å². The van der Waals surface area contributed by atoms with Gasteiger partial charge in [-0.1, -0.05) is 0 Å². The molecule has 4 aromatic rings. The van der Waals surface area contributed by atoms with Crippen LogP contribution in [0.2, 0.25) is 0 Å². The molecule has 0 radical (unpaired) electrons. The number of benzene rings is 4. The molecule has 4 aromatic carbocycles. The molecule has 0 saturated heterocycles. The fourth-order valence-corrected chi connectivity index (χ4v) is 7.75. The highest BCUT2D eigenvalue weighted by molar-refractivity contribution is 9.12. The predicted octanol–water partition coefficient (Wildman–Crippen LogP) is 10.8. The van der Waals surface area contributed by atoms with E-state index < -0.39 is 0 Å². The van der Waals surface area contributed by atoms with Crippen molar-refractivity contribution in [2.45, 2.75) is 0 Å². The molecular weight excluding hydrogens is 1030 g/mol. The Morgan fingerprint density at radius 3 is 0.553 bits per heavy atom. The zero-order valence-corrected chi connectivity index (χ0v) is 32.3. The summed E-state index contributed by atoms with van der Waals surface area (Å²) in [5, 5.41) is 0. The van der Waals surface area contributed by atoms with Gasteiger partial charge in [0.25, 0.3) is 0 Å². The molecule has 200 valence electrons. The highest BCUT2D eigenvalue weighted by Crippen LogP contribution is 2.39. The Morgan fingerprint density at radius 2 is 0.447 bits per heavy atom. The lowest BCUT2D eigenvalue weighted by atomic mass is 10.1. The van der Waals surface area contributed by atoms with Gasteiger partial charge in [-0.2, -0.15) is 4.21 Å². The summed E-state index contributed by atoms with van der Waals surface area (Å²) in [5.41, 5.74) is 30.5. The van der Waals surface area contributed by atoms with Crippen molar-refractivity contribution in [3.05, 3.63) is 84.3 Å². The minimum absolute atomic E-state index is 0.687. The molecule has 0 atom stereocenters. The van der Waals surface area contributed by atoms with Crippen LogP contribution in [-0.4, -0.2) is 4.21 Å². The smallest absolute Gasteiger partial charge is 0.197 e. The Morgan fingerprint density at radius 1 is 0.342 bits per heavy atom. The van der Waals surface area contributed by atoms with Crippen LogP contribution in [0.3, 0.4) is 0 Å². The summed E-state index contributed by atoms with van der Waals surface area (Å²) in [6.45, 7) is 0. The van der Waals surface area contributed by atoms with Gasteiger partial charge in [0.15, 0.2) is 12.5 Å². The predicted molar refractivity (Wildman–Crippen MR) is 191 cm³/mol. The van der Waals surface area contributed by atoms with Gasteiger partial charge in [0.2, 0.25) is 0 Å². The van der Waals surface area contributed by atoms with E-state index in [0.29, 0.717) is 22.7 Å². The Bertz CT molecular complexity index is 1190. The van der Waals surface area contributed by atoms with Crippen molar-refractivity contribution in [2.24, 2.45) is 0 Å². The number of nitrogen functional groups attached to an aromatic ring is 4. The van der Waals surface area contributed by atoms with Gasteiger partial charge in [-0.3, -0.25) is 0 Å². The highest BCUT2D eigenvalue weighted by atomic mass is 79.9. The molecule has 0 bridgehead atoms. The lowest BCUT2D eigenvalue weighted by Gasteiger charge is -2.10. The molecule has 5 nitrogen and oxygen atoms in total. The van der Waals surface area contributed by atoms with Gasteiger partial charge in [-0.15, -0.1) is 0 Å². The van der Waals surface area contributed by atoms with Crippen LogP contribution in [0.1, 0.15) is 0 Å². The van der Waals surface area contributed by atoms with Crippen molar-refractivity contribution in [2.75, 3.05) is 22.9 Å². The van der Waals surface area contributed by atoms with Gasteiger partial charge in [0, 0.05) is 35.8 Å². The maximum atomic E-state index is 7.83. The Balaban J connectivity index is 0.000000251. The average molecular weight is 1050 g/mol. The van der Waals surface area contributed by atoms with Crippen molar-refractivity contribution in [1.82, 2.24) is 0 Å². The number of anilines is 4. The fourth-order valence-electron chi connectivity index (χ4n) is 3.00. The number of hydrogen-bond donors (Lipinski definition) is 4. The number of halogens is 8. The molecule has 0 saturated carbocycles. The van der Waals surface area contributed by atoms with E-state index in [0.717, 1.165) is 58.0 Å². The molecule has 0 amide bonds. The first-order valence-corrected chi connectivity index (χ1v) is 16.6. The molecule has 0 aliphatic heterocycles. The van der Waals surface area contributed by atoms with Crippen LogP contribution < -0.4 is 22.9 Å². The summed E-state index contributed by atoms with van der Waals surface area (Å²) in [6.07, 6.45) is 0. The van der Waals surface area contributed by atoms with Crippen LogP contribution in [-0.2, 0) is 12.5 Å². The first-order valence-electron chi connectivity index (χ1n) is 9.95. The molecule has 38 heavy (non-hydrogen) atoms. The Labute approximate surface area is 292 Å². The third-order valence-corrected chi connectivity index (χ3v) is 10.2. The largest absolute Gasteiger partial charge is 0.397 e. The fraction of sp³-hybridized carbons (Fsp3) is 0. The summed E-state index contributed by atoms with van der Waals surface area (Å²) in [6, 6.07) is 15.8. The Hall–Kier alpha value is -0.0600. The van der Waals surface area contributed by atoms with E-state index in [1.807, 2.05) is 48.5 Å². The quantitative estimate of drug-likeness (QED) is 0.148. The average Bonchev–Trinajstić information content (AvgIpc) is 2.88. The molecule has 14 heteroatoms. The summed E-state index contributed by atoms with van der Waals surface area (Å²) in [4.78, 5) is 0. The summed E-state index contributed by atoms with van der Waals surface area (Å²) < 4.78 is 14.7. The SMILES string of the molecule is Nc1c(Br)cc(-c2cc(Br)c(N)c(Br)c2)cc1Br.Nc1c(Br)cc(-c2cc(Br)c(N)c(Br)c2)cc1Br.O=S. The van der Waals surface area contributed by atoms with Gasteiger partial charge >= 0.3 is 0 Å². The number of nitrogens with two attached hydrogens (primary N) is 4. The van der Waals surface area contributed by atoms with Crippen molar-refractivity contribution in [3.8, 4) is 22.3 Å². The summed E-state index contributed by atoms with van der Waals surface area (Å²) >= 11 is 30.4. The van der Waals surface area contributed by atoms with Crippen molar-refractivity contribution < 1.29 is 4.21 Å². The van der Waals surface area contributed by atoms with Gasteiger partial charge in [-0.05, 0) is 198 Å². The van der Waals surface area contributed by atoms with Gasteiger partial charge in [-0.25, -0.2) is 0 Å². The molecule has 0 aliphatic rings. The molecule has 4 rings (SSSR count). The topological polar surface area (TPSA) is 121 Å². The van der Waals surface area contributed by atoms with Crippen molar-refractivity contribution in [1.29, 1.82) is 0 Å². The third kappa shape index (κ3) is 8.48. The van der Waals surface area contributed by atoms with Crippen LogP contribution in [0, 0.1) is 0 Å². The van der Waals surface area contributed by atoms with Crippen LogP contribution in [0.25, 0.3) is 22.3 Å². The van der Waals surface area contributed by atoms with Crippen LogP contribution in [0.4, 0.5) is 22.7 Å². The first kappa shape index (κ1) is 34.1. The van der Waals surface area contributed by atoms with Gasteiger partial charge in [0.1, 0.15) is 0 Å². The molecule has 0 spiro atoms. The molecule has 0 aromatic heterocycles. The van der Waals surface area contributed by atoms with E-state index in [4.69, 9.17) is 27.1 Å². The highest BCUT2D eigenvalue weighted by Gasteiger charge is 2.11. The van der Waals surface area contributed by atoms with Crippen molar-refractivity contribution >= 4 is 163 Å². The van der Waals surface area contributed by atoms with E-state index in [2.05, 4.69) is 140 Å². The van der Waals surface area contributed by atoms with E-state index in [9.17, 15) is 0 Å². The second-order valence-electron chi connectivity index (χ2n) is 7.41.